The third kappa shape index (κ3) is 3.42. The van der Waals surface area contributed by atoms with E-state index < -0.39 is 5.97 Å². The first-order chi connectivity index (χ1) is 8.16. The molecule has 2 saturated heterocycles. The van der Waals surface area contributed by atoms with E-state index in [9.17, 15) is 4.79 Å². The molecule has 1 N–H and O–H groups in total. The van der Waals surface area contributed by atoms with E-state index in [4.69, 9.17) is 9.84 Å². The molecule has 98 valence electrons. The predicted molar refractivity (Wildman–Crippen MR) is 65.0 cm³/mol. The lowest BCUT2D eigenvalue weighted by atomic mass is 9.91. The van der Waals surface area contributed by atoms with E-state index in [1.807, 2.05) is 0 Å². The Bertz CT molecular complexity index is 263. The molecule has 17 heavy (non-hydrogen) atoms. The number of likely N-dealkylation sites (tertiary alicyclic amines) is 1. The summed E-state index contributed by atoms with van der Waals surface area (Å²) in [4.78, 5) is 13.4. The number of ether oxygens (including phenoxy) is 1. The highest BCUT2D eigenvalue weighted by molar-refractivity contribution is 5.70. The second kappa shape index (κ2) is 5.83. The van der Waals surface area contributed by atoms with Crippen molar-refractivity contribution in [2.75, 3.05) is 19.7 Å². The molecular formula is C13H23NO3. The molecule has 2 aliphatic rings. The van der Waals surface area contributed by atoms with Crippen LogP contribution >= 0.6 is 0 Å². The van der Waals surface area contributed by atoms with E-state index in [0.717, 1.165) is 39.0 Å². The summed E-state index contributed by atoms with van der Waals surface area (Å²) in [5, 5.41) is 9.01. The molecular weight excluding hydrogens is 218 g/mol. The van der Waals surface area contributed by atoms with Crippen molar-refractivity contribution in [2.24, 2.45) is 5.92 Å². The molecule has 3 unspecified atom stereocenters. The average Bonchev–Trinajstić information content (AvgIpc) is 2.80. The monoisotopic (exact) mass is 241 g/mol. The molecule has 2 rings (SSSR count). The van der Waals surface area contributed by atoms with Crippen molar-refractivity contribution in [1.82, 2.24) is 4.90 Å². The van der Waals surface area contributed by atoms with E-state index >= 15 is 0 Å². The second-order valence-electron chi connectivity index (χ2n) is 5.37. The molecule has 0 aromatic rings. The van der Waals surface area contributed by atoms with Gasteiger partial charge in [-0.3, -0.25) is 4.79 Å². The van der Waals surface area contributed by atoms with E-state index in [-0.39, 0.29) is 5.92 Å². The van der Waals surface area contributed by atoms with Gasteiger partial charge in [0.05, 0.1) is 12.0 Å². The largest absolute Gasteiger partial charge is 0.481 e. The Hall–Kier alpha value is -0.610. The molecule has 0 saturated carbocycles. The fourth-order valence-electron chi connectivity index (χ4n) is 2.96. The fourth-order valence-corrected chi connectivity index (χ4v) is 2.96. The number of nitrogens with zero attached hydrogens (tertiary/aromatic N) is 1. The molecule has 4 heteroatoms. The molecule has 2 fully saturated rings. The van der Waals surface area contributed by atoms with Gasteiger partial charge in [0.25, 0.3) is 0 Å². The van der Waals surface area contributed by atoms with Gasteiger partial charge in [-0.05, 0) is 45.6 Å². The molecule has 0 radical (unpaired) electrons. The molecule has 2 aliphatic heterocycles. The van der Waals surface area contributed by atoms with E-state index in [1.165, 1.54) is 12.8 Å². The third-order valence-corrected chi connectivity index (χ3v) is 4.13. The summed E-state index contributed by atoms with van der Waals surface area (Å²) in [6.45, 7) is 5.04. The van der Waals surface area contributed by atoms with Crippen molar-refractivity contribution in [3.8, 4) is 0 Å². The van der Waals surface area contributed by atoms with Crippen molar-refractivity contribution in [2.45, 2.75) is 51.2 Å². The zero-order valence-electron chi connectivity index (χ0n) is 10.6. The molecule has 3 atom stereocenters. The summed E-state index contributed by atoms with van der Waals surface area (Å²) in [5.74, 6) is -0.764. The van der Waals surface area contributed by atoms with Gasteiger partial charge in [0, 0.05) is 19.2 Å². The topological polar surface area (TPSA) is 49.8 Å². The number of carboxylic acid groups (broad SMARTS) is 1. The van der Waals surface area contributed by atoms with Crippen molar-refractivity contribution < 1.29 is 14.6 Å². The lowest BCUT2D eigenvalue weighted by molar-refractivity contribution is -0.144. The first kappa shape index (κ1) is 12.8. The van der Waals surface area contributed by atoms with Crippen LogP contribution in [-0.2, 0) is 9.53 Å². The number of piperidine rings is 1. The highest BCUT2D eigenvalue weighted by Gasteiger charge is 2.29. The number of carboxylic acids is 1. The summed E-state index contributed by atoms with van der Waals surface area (Å²) < 4.78 is 5.62. The summed E-state index contributed by atoms with van der Waals surface area (Å²) in [7, 11) is 0. The maximum absolute atomic E-state index is 10.9. The minimum absolute atomic E-state index is 0.135. The fraction of sp³-hybridized carbons (Fsp3) is 0.923. The van der Waals surface area contributed by atoms with Gasteiger partial charge in [-0.25, -0.2) is 0 Å². The van der Waals surface area contributed by atoms with Crippen LogP contribution in [0.4, 0.5) is 0 Å². The quantitative estimate of drug-likeness (QED) is 0.814. The Kier molecular flexibility index (Phi) is 4.40. The first-order valence-corrected chi connectivity index (χ1v) is 6.75. The van der Waals surface area contributed by atoms with Crippen LogP contribution in [0.5, 0.6) is 0 Å². The molecule has 0 aliphatic carbocycles. The Labute approximate surface area is 103 Å². The molecule has 0 aromatic carbocycles. The number of aliphatic carboxylic acids is 1. The predicted octanol–water partition coefficient (Wildman–Crippen LogP) is 1.74. The van der Waals surface area contributed by atoms with Gasteiger partial charge in [0.1, 0.15) is 0 Å². The highest BCUT2D eigenvalue weighted by Crippen LogP contribution is 2.24. The second-order valence-corrected chi connectivity index (χ2v) is 5.37. The lowest BCUT2D eigenvalue weighted by Crippen LogP contribution is -2.43. The minimum atomic E-state index is -0.629. The van der Waals surface area contributed by atoms with Gasteiger partial charge in [-0.1, -0.05) is 0 Å². The summed E-state index contributed by atoms with van der Waals surface area (Å²) in [6, 6.07) is 0.395. The molecule has 0 bridgehead atoms. The van der Waals surface area contributed by atoms with Crippen LogP contribution in [0.15, 0.2) is 0 Å². The van der Waals surface area contributed by atoms with Crippen molar-refractivity contribution in [1.29, 1.82) is 0 Å². The van der Waals surface area contributed by atoms with Gasteiger partial charge >= 0.3 is 5.97 Å². The lowest BCUT2D eigenvalue weighted by Gasteiger charge is -2.36. The third-order valence-electron chi connectivity index (χ3n) is 4.13. The van der Waals surface area contributed by atoms with E-state index in [1.54, 1.807) is 0 Å². The number of carbonyl (C=O) groups is 1. The number of rotatable bonds is 4. The Balaban J connectivity index is 1.73. The van der Waals surface area contributed by atoms with Crippen LogP contribution < -0.4 is 0 Å². The average molecular weight is 241 g/mol. The summed E-state index contributed by atoms with van der Waals surface area (Å²) in [6.07, 6.45) is 5.52. The maximum Gasteiger partial charge on any atom is 0.306 e. The minimum Gasteiger partial charge on any atom is -0.481 e. The van der Waals surface area contributed by atoms with Gasteiger partial charge in [0.15, 0.2) is 0 Å². The molecule has 0 spiro atoms. The SMILES string of the molecule is CC1CC(C(=O)O)CCN1CCC1CCCO1. The Morgan fingerprint density at radius 3 is 2.88 bits per heavy atom. The first-order valence-electron chi connectivity index (χ1n) is 6.75. The van der Waals surface area contributed by atoms with Crippen LogP contribution in [0.3, 0.4) is 0 Å². The molecule has 4 nitrogen and oxygen atoms in total. The summed E-state index contributed by atoms with van der Waals surface area (Å²) >= 11 is 0. The van der Waals surface area contributed by atoms with Crippen LogP contribution in [0.2, 0.25) is 0 Å². The molecule has 0 aromatic heterocycles. The summed E-state index contributed by atoms with van der Waals surface area (Å²) in [5.41, 5.74) is 0. The van der Waals surface area contributed by atoms with Crippen LogP contribution in [-0.4, -0.2) is 47.8 Å². The van der Waals surface area contributed by atoms with Crippen molar-refractivity contribution in [3.63, 3.8) is 0 Å². The van der Waals surface area contributed by atoms with E-state index in [0.29, 0.717) is 12.1 Å². The zero-order valence-corrected chi connectivity index (χ0v) is 10.6. The molecule has 0 amide bonds. The van der Waals surface area contributed by atoms with Crippen LogP contribution in [0.1, 0.15) is 39.0 Å². The number of hydrogen-bond acceptors (Lipinski definition) is 3. The van der Waals surface area contributed by atoms with Gasteiger partial charge in [-0.2, -0.15) is 0 Å². The Morgan fingerprint density at radius 2 is 2.29 bits per heavy atom. The van der Waals surface area contributed by atoms with Gasteiger partial charge in [-0.15, -0.1) is 0 Å². The zero-order chi connectivity index (χ0) is 12.3. The smallest absolute Gasteiger partial charge is 0.306 e. The maximum atomic E-state index is 10.9. The van der Waals surface area contributed by atoms with Crippen molar-refractivity contribution in [3.05, 3.63) is 0 Å². The van der Waals surface area contributed by atoms with Gasteiger partial charge in [0.2, 0.25) is 0 Å². The van der Waals surface area contributed by atoms with Crippen LogP contribution in [0.25, 0.3) is 0 Å². The van der Waals surface area contributed by atoms with Gasteiger partial charge < -0.3 is 14.7 Å². The van der Waals surface area contributed by atoms with Crippen LogP contribution in [0, 0.1) is 5.92 Å². The standard InChI is InChI=1S/C13H23NO3/c1-10-9-11(13(15)16)4-6-14(10)7-5-12-3-2-8-17-12/h10-12H,2-9H2,1H3,(H,15,16). The van der Waals surface area contributed by atoms with E-state index in [2.05, 4.69) is 11.8 Å². The molecule has 2 heterocycles. The Morgan fingerprint density at radius 1 is 1.47 bits per heavy atom. The number of hydrogen-bond donors (Lipinski definition) is 1. The normalized spacial score (nSPS) is 35.0. The van der Waals surface area contributed by atoms with Crippen molar-refractivity contribution >= 4 is 5.97 Å². The highest BCUT2D eigenvalue weighted by atomic mass is 16.5.